The van der Waals surface area contributed by atoms with Gasteiger partial charge in [0.25, 0.3) is 0 Å². The van der Waals surface area contributed by atoms with Crippen LogP contribution in [0.25, 0.3) is 0 Å². The summed E-state index contributed by atoms with van der Waals surface area (Å²) in [4.78, 5) is 11.8. The number of carbonyl (C=O) groups excluding carboxylic acids is 1. The zero-order valence-electron chi connectivity index (χ0n) is 18.1. The number of unbranched alkanes of at least 4 members (excludes halogenated alkanes) is 2. The topological polar surface area (TPSA) is 66.8 Å². The van der Waals surface area contributed by atoms with Crippen LogP contribution in [0, 0.1) is 17.8 Å². The molecule has 0 aromatic rings. The van der Waals surface area contributed by atoms with Crippen molar-refractivity contribution in [1.82, 2.24) is 0 Å². The number of hydrogen-bond acceptors (Lipinski definition) is 4. The fraction of sp³-hybridized carbons (Fsp3) is 0.625. The standard InChI is InChI=1S/C24H35F3O4/c1-19(13-9-6-7-11-15-24(25,26)27)12-8-4-2-3-5-10-14-20-16-22(20)23(30)31-21(17-28)18-29/h2-3,8-10,12-14,19-22,28-29H,4-7,11,15-18H2,1H3/b3-2-,12-8-,13-9-,14-10-/t19-,20-,22-/m1/s1. The third kappa shape index (κ3) is 13.9. The molecular weight excluding hydrogens is 409 g/mol. The Labute approximate surface area is 183 Å². The van der Waals surface area contributed by atoms with E-state index in [9.17, 15) is 18.0 Å². The van der Waals surface area contributed by atoms with E-state index in [0.29, 0.717) is 12.8 Å². The molecule has 0 bridgehead atoms. The van der Waals surface area contributed by atoms with Gasteiger partial charge in [-0.15, -0.1) is 0 Å². The molecule has 7 heteroatoms. The largest absolute Gasteiger partial charge is 0.457 e. The fourth-order valence-electron chi connectivity index (χ4n) is 2.94. The van der Waals surface area contributed by atoms with Gasteiger partial charge in [0.15, 0.2) is 0 Å². The minimum absolute atomic E-state index is 0.167. The quantitative estimate of drug-likeness (QED) is 0.205. The van der Waals surface area contributed by atoms with E-state index in [2.05, 4.69) is 18.2 Å². The van der Waals surface area contributed by atoms with Gasteiger partial charge in [-0.1, -0.05) is 55.5 Å². The van der Waals surface area contributed by atoms with Crippen molar-refractivity contribution in [1.29, 1.82) is 0 Å². The van der Waals surface area contributed by atoms with E-state index < -0.39 is 18.7 Å². The normalized spacial score (nSPS) is 20.6. The summed E-state index contributed by atoms with van der Waals surface area (Å²) in [6, 6.07) is 0. The van der Waals surface area contributed by atoms with Crippen LogP contribution in [-0.4, -0.2) is 41.7 Å². The lowest BCUT2D eigenvalue weighted by Gasteiger charge is -2.11. The Morgan fingerprint density at radius 3 is 2.32 bits per heavy atom. The number of ether oxygens (including phenoxy) is 1. The first-order valence-electron chi connectivity index (χ1n) is 10.9. The van der Waals surface area contributed by atoms with E-state index in [1.165, 1.54) is 0 Å². The lowest BCUT2D eigenvalue weighted by molar-refractivity contribution is -0.155. The van der Waals surface area contributed by atoms with E-state index in [1.54, 1.807) is 0 Å². The van der Waals surface area contributed by atoms with Gasteiger partial charge in [-0.25, -0.2) is 0 Å². The van der Waals surface area contributed by atoms with Crippen molar-refractivity contribution in [2.45, 2.75) is 64.1 Å². The van der Waals surface area contributed by atoms with Gasteiger partial charge in [0.1, 0.15) is 6.10 Å². The van der Waals surface area contributed by atoms with Crippen LogP contribution in [-0.2, 0) is 9.53 Å². The number of halogens is 3. The second kappa shape index (κ2) is 15.0. The first-order valence-corrected chi connectivity index (χ1v) is 10.9. The summed E-state index contributed by atoms with van der Waals surface area (Å²) < 4.78 is 41.1. The van der Waals surface area contributed by atoms with Gasteiger partial charge in [0.05, 0.1) is 19.1 Å². The number of aliphatic hydroxyl groups is 2. The van der Waals surface area contributed by atoms with Crippen molar-refractivity contribution >= 4 is 5.97 Å². The summed E-state index contributed by atoms with van der Waals surface area (Å²) in [5.41, 5.74) is 0. The Kier molecular flexibility index (Phi) is 13.2. The molecule has 0 radical (unpaired) electrons. The minimum Gasteiger partial charge on any atom is -0.457 e. The van der Waals surface area contributed by atoms with Crippen molar-refractivity contribution in [3.8, 4) is 0 Å². The van der Waals surface area contributed by atoms with E-state index in [-0.39, 0.29) is 43.4 Å². The van der Waals surface area contributed by atoms with Gasteiger partial charge in [0, 0.05) is 6.42 Å². The molecule has 0 heterocycles. The monoisotopic (exact) mass is 444 g/mol. The molecule has 4 nitrogen and oxygen atoms in total. The molecule has 1 aliphatic carbocycles. The van der Waals surface area contributed by atoms with Crippen molar-refractivity contribution in [3.63, 3.8) is 0 Å². The third-order valence-corrected chi connectivity index (χ3v) is 4.89. The van der Waals surface area contributed by atoms with E-state index >= 15 is 0 Å². The van der Waals surface area contributed by atoms with E-state index in [1.807, 2.05) is 37.3 Å². The number of aliphatic hydroxyl groups excluding tert-OH is 2. The fourth-order valence-corrected chi connectivity index (χ4v) is 2.94. The SMILES string of the molecule is C[C@H](/C=C\C/C=C\C/C=C\[C@@H]1C[C@H]1C(=O)OC(CO)CO)/C=C\CCCCC(F)(F)F. The zero-order chi connectivity index (χ0) is 23.1. The molecule has 0 amide bonds. The molecule has 1 rings (SSSR count). The highest BCUT2D eigenvalue weighted by Crippen LogP contribution is 2.40. The van der Waals surface area contributed by atoms with Crippen molar-refractivity contribution < 1.29 is 32.9 Å². The number of alkyl halides is 3. The van der Waals surface area contributed by atoms with Crippen LogP contribution in [0.2, 0.25) is 0 Å². The molecule has 0 aromatic heterocycles. The minimum atomic E-state index is -4.05. The molecule has 0 aliphatic heterocycles. The molecular formula is C24H35F3O4. The molecule has 3 atom stereocenters. The summed E-state index contributed by atoms with van der Waals surface area (Å²) in [6.45, 7) is 1.28. The molecule has 0 aromatic carbocycles. The molecule has 0 spiro atoms. The number of rotatable bonds is 15. The predicted octanol–water partition coefficient (Wildman–Crippen LogP) is 5.28. The van der Waals surface area contributed by atoms with Crippen LogP contribution in [0.3, 0.4) is 0 Å². The maximum Gasteiger partial charge on any atom is 0.389 e. The second-order valence-corrected chi connectivity index (χ2v) is 7.88. The van der Waals surface area contributed by atoms with Gasteiger partial charge >= 0.3 is 12.1 Å². The first kappa shape index (κ1) is 27.2. The Morgan fingerprint density at radius 1 is 1.03 bits per heavy atom. The molecule has 176 valence electrons. The molecule has 0 saturated heterocycles. The van der Waals surface area contributed by atoms with Crippen LogP contribution in [0.1, 0.15) is 51.9 Å². The second-order valence-electron chi connectivity index (χ2n) is 7.88. The van der Waals surface area contributed by atoms with Gasteiger partial charge in [-0.2, -0.15) is 13.2 Å². The summed E-state index contributed by atoms with van der Waals surface area (Å²) in [5, 5.41) is 17.9. The molecule has 31 heavy (non-hydrogen) atoms. The number of carbonyl (C=O) groups is 1. The van der Waals surface area contributed by atoms with Crippen LogP contribution in [0.5, 0.6) is 0 Å². The molecule has 1 fully saturated rings. The molecule has 0 unspecified atom stereocenters. The van der Waals surface area contributed by atoms with Crippen LogP contribution in [0.15, 0.2) is 48.6 Å². The maximum atomic E-state index is 12.0. The number of allylic oxidation sites excluding steroid dienone is 8. The van der Waals surface area contributed by atoms with Crippen LogP contribution in [0.4, 0.5) is 13.2 Å². The Morgan fingerprint density at radius 2 is 1.68 bits per heavy atom. The third-order valence-electron chi connectivity index (χ3n) is 4.89. The highest BCUT2D eigenvalue weighted by atomic mass is 19.4. The maximum absolute atomic E-state index is 12.0. The van der Waals surface area contributed by atoms with Crippen molar-refractivity contribution in [2.24, 2.45) is 17.8 Å². The Hall–Kier alpha value is -1.86. The van der Waals surface area contributed by atoms with E-state index in [4.69, 9.17) is 14.9 Å². The summed E-state index contributed by atoms with van der Waals surface area (Å²) >= 11 is 0. The average Bonchev–Trinajstić information content (AvgIpc) is 3.49. The lowest BCUT2D eigenvalue weighted by atomic mass is 10.1. The first-order chi connectivity index (χ1) is 14.8. The van der Waals surface area contributed by atoms with E-state index in [0.717, 1.165) is 19.3 Å². The van der Waals surface area contributed by atoms with Crippen LogP contribution >= 0.6 is 0 Å². The Balaban J connectivity index is 2.10. The summed E-state index contributed by atoms with van der Waals surface area (Å²) in [7, 11) is 0. The average molecular weight is 445 g/mol. The highest BCUT2D eigenvalue weighted by Gasteiger charge is 2.43. The lowest BCUT2D eigenvalue weighted by Crippen LogP contribution is -2.26. The predicted molar refractivity (Wildman–Crippen MR) is 115 cm³/mol. The smallest absolute Gasteiger partial charge is 0.389 e. The molecule has 2 N–H and O–H groups in total. The van der Waals surface area contributed by atoms with Crippen molar-refractivity contribution in [3.05, 3.63) is 48.6 Å². The van der Waals surface area contributed by atoms with Crippen LogP contribution < -0.4 is 0 Å². The molecule has 1 aliphatic rings. The summed E-state index contributed by atoms with van der Waals surface area (Å²) in [6.07, 6.45) is 14.3. The van der Waals surface area contributed by atoms with Gasteiger partial charge in [-0.3, -0.25) is 4.79 Å². The highest BCUT2D eigenvalue weighted by molar-refractivity contribution is 5.76. The van der Waals surface area contributed by atoms with Crippen molar-refractivity contribution in [2.75, 3.05) is 13.2 Å². The van der Waals surface area contributed by atoms with Gasteiger partial charge < -0.3 is 14.9 Å². The number of hydrogen-bond donors (Lipinski definition) is 2. The summed E-state index contributed by atoms with van der Waals surface area (Å²) in [5.74, 6) is -0.130. The molecule has 1 saturated carbocycles. The Bertz CT molecular complexity index is 619. The van der Waals surface area contributed by atoms with Gasteiger partial charge in [0.2, 0.25) is 0 Å². The zero-order valence-corrected chi connectivity index (χ0v) is 18.1. The number of esters is 1. The van der Waals surface area contributed by atoms with Gasteiger partial charge in [-0.05, 0) is 50.4 Å².